The first-order valence-electron chi connectivity index (χ1n) is 6.43. The van der Waals surface area contributed by atoms with E-state index in [2.05, 4.69) is 28.1 Å². The first-order valence-corrected chi connectivity index (χ1v) is 6.81. The van der Waals surface area contributed by atoms with Gasteiger partial charge in [-0.25, -0.2) is 4.98 Å². The fraction of sp³-hybridized carbons (Fsp3) is 0.400. The number of fused-ring (bicyclic) bond motifs is 1. The Balaban J connectivity index is 1.88. The molecule has 0 spiro atoms. The van der Waals surface area contributed by atoms with Gasteiger partial charge < -0.3 is 5.11 Å². The average molecular weight is 277 g/mol. The van der Waals surface area contributed by atoms with Crippen LogP contribution in [0, 0.1) is 6.92 Å². The van der Waals surface area contributed by atoms with E-state index < -0.39 is 5.60 Å². The molecule has 1 N–H and O–H groups in total. The van der Waals surface area contributed by atoms with E-state index in [1.807, 2.05) is 19.9 Å². The summed E-state index contributed by atoms with van der Waals surface area (Å²) in [5.74, 6) is 0. The number of aliphatic hydroxyl groups is 1. The highest BCUT2D eigenvalue weighted by molar-refractivity contribution is 6.30. The zero-order chi connectivity index (χ0) is 13.6. The van der Waals surface area contributed by atoms with Crippen LogP contribution >= 0.6 is 11.6 Å². The molecule has 1 aliphatic heterocycles. The summed E-state index contributed by atoms with van der Waals surface area (Å²) in [5, 5.41) is 11.4. The normalized spacial score (nSPS) is 18.5. The van der Waals surface area contributed by atoms with Crippen LogP contribution in [0.25, 0.3) is 10.9 Å². The Hall–Kier alpha value is -1.16. The number of benzene rings is 1. The van der Waals surface area contributed by atoms with Crippen LogP contribution in [0.3, 0.4) is 0 Å². The van der Waals surface area contributed by atoms with Crippen LogP contribution in [0.4, 0.5) is 0 Å². The summed E-state index contributed by atoms with van der Waals surface area (Å²) in [5.41, 5.74) is 2.59. The first kappa shape index (κ1) is 12.9. The molecule has 19 heavy (non-hydrogen) atoms. The molecule has 4 heteroatoms. The first-order chi connectivity index (χ1) is 8.93. The number of pyridine rings is 1. The zero-order valence-corrected chi connectivity index (χ0v) is 11.9. The number of halogens is 1. The number of hydrogen-bond acceptors (Lipinski definition) is 3. The molecule has 0 amide bonds. The van der Waals surface area contributed by atoms with E-state index in [0.717, 1.165) is 23.0 Å². The highest BCUT2D eigenvalue weighted by Gasteiger charge is 2.36. The molecule has 100 valence electrons. The molecule has 1 fully saturated rings. The minimum absolute atomic E-state index is 0.548. The second kappa shape index (κ2) is 4.44. The van der Waals surface area contributed by atoms with Crippen LogP contribution in [0.15, 0.2) is 24.3 Å². The van der Waals surface area contributed by atoms with Gasteiger partial charge in [0.05, 0.1) is 11.1 Å². The minimum Gasteiger partial charge on any atom is -0.388 e. The SMILES string of the molecule is Cc1ccc2cc(CN3CC(C)(O)C3)c(Cl)nc2c1. The molecule has 1 saturated heterocycles. The third-order valence-corrected chi connectivity index (χ3v) is 3.85. The van der Waals surface area contributed by atoms with Gasteiger partial charge in [0.1, 0.15) is 5.15 Å². The van der Waals surface area contributed by atoms with Gasteiger partial charge in [0.2, 0.25) is 0 Å². The van der Waals surface area contributed by atoms with E-state index >= 15 is 0 Å². The van der Waals surface area contributed by atoms with E-state index in [-0.39, 0.29) is 0 Å². The number of rotatable bonds is 2. The third-order valence-electron chi connectivity index (χ3n) is 3.52. The standard InChI is InChI=1S/C15H17ClN2O/c1-10-3-4-11-6-12(14(16)17-13(11)5-10)7-18-8-15(2,19)9-18/h3-6,19H,7-9H2,1-2H3. The molecule has 0 unspecified atom stereocenters. The number of hydrogen-bond donors (Lipinski definition) is 1. The fourth-order valence-corrected chi connectivity index (χ4v) is 2.88. The number of likely N-dealkylation sites (tertiary alicyclic amines) is 1. The molecule has 0 bridgehead atoms. The lowest BCUT2D eigenvalue weighted by atomic mass is 9.96. The van der Waals surface area contributed by atoms with Crippen molar-refractivity contribution in [2.45, 2.75) is 26.0 Å². The number of β-amino-alcohol motifs (C(OH)–C–C–N with tert-alkyl or cyclic N) is 1. The Morgan fingerprint density at radius 3 is 2.79 bits per heavy atom. The molecule has 2 heterocycles. The molecule has 0 radical (unpaired) electrons. The molecule has 1 aromatic heterocycles. The van der Waals surface area contributed by atoms with E-state index in [1.165, 1.54) is 5.56 Å². The van der Waals surface area contributed by atoms with Crippen LogP contribution in [0.2, 0.25) is 5.15 Å². The third kappa shape index (κ3) is 2.59. The maximum absolute atomic E-state index is 9.74. The van der Waals surface area contributed by atoms with E-state index in [4.69, 9.17) is 11.6 Å². The molecule has 0 aliphatic carbocycles. The van der Waals surface area contributed by atoms with Gasteiger partial charge >= 0.3 is 0 Å². The Kier molecular flexibility index (Phi) is 3.01. The van der Waals surface area contributed by atoms with Gasteiger partial charge in [0, 0.05) is 30.6 Å². The van der Waals surface area contributed by atoms with Gasteiger partial charge in [0.15, 0.2) is 0 Å². The van der Waals surface area contributed by atoms with Crippen molar-refractivity contribution >= 4 is 22.5 Å². The Labute approximate surface area is 117 Å². The van der Waals surface area contributed by atoms with Gasteiger partial charge in [0.25, 0.3) is 0 Å². The molecule has 0 saturated carbocycles. The predicted octanol–water partition coefficient (Wildman–Crippen LogP) is 2.76. The van der Waals surface area contributed by atoms with E-state index in [0.29, 0.717) is 18.2 Å². The maximum atomic E-state index is 9.74. The van der Waals surface area contributed by atoms with Crippen molar-refractivity contribution < 1.29 is 5.11 Å². The zero-order valence-electron chi connectivity index (χ0n) is 11.2. The summed E-state index contributed by atoms with van der Waals surface area (Å²) >= 11 is 6.25. The van der Waals surface area contributed by atoms with E-state index in [9.17, 15) is 5.11 Å². The molecule has 3 nitrogen and oxygen atoms in total. The summed E-state index contributed by atoms with van der Waals surface area (Å²) < 4.78 is 0. The summed E-state index contributed by atoms with van der Waals surface area (Å²) in [6, 6.07) is 8.29. The quantitative estimate of drug-likeness (QED) is 0.857. The van der Waals surface area contributed by atoms with E-state index in [1.54, 1.807) is 0 Å². The Morgan fingerprint density at radius 2 is 2.11 bits per heavy atom. The van der Waals surface area contributed by atoms with Gasteiger partial charge in [-0.3, -0.25) is 4.90 Å². The molecule has 2 aromatic rings. The highest BCUT2D eigenvalue weighted by atomic mass is 35.5. The largest absolute Gasteiger partial charge is 0.388 e. The van der Waals surface area contributed by atoms with Crippen molar-refractivity contribution in [2.75, 3.05) is 13.1 Å². The topological polar surface area (TPSA) is 36.4 Å². The van der Waals surface area contributed by atoms with Gasteiger partial charge in [-0.1, -0.05) is 23.7 Å². The number of aryl methyl sites for hydroxylation is 1. The number of nitrogens with zero attached hydrogens (tertiary/aromatic N) is 2. The second-order valence-electron chi connectivity index (χ2n) is 5.78. The molecular weight excluding hydrogens is 260 g/mol. The van der Waals surface area contributed by atoms with Crippen molar-refractivity contribution in [1.82, 2.24) is 9.88 Å². The fourth-order valence-electron chi connectivity index (χ4n) is 2.68. The van der Waals surface area contributed by atoms with Crippen molar-refractivity contribution in [1.29, 1.82) is 0 Å². The Morgan fingerprint density at radius 1 is 1.37 bits per heavy atom. The second-order valence-corrected chi connectivity index (χ2v) is 6.13. The molecule has 1 aromatic carbocycles. The summed E-state index contributed by atoms with van der Waals surface area (Å²) in [7, 11) is 0. The van der Waals surface area contributed by atoms with Crippen molar-refractivity contribution in [3.05, 3.63) is 40.5 Å². The molecular formula is C15H17ClN2O. The highest BCUT2D eigenvalue weighted by Crippen LogP contribution is 2.27. The summed E-state index contributed by atoms with van der Waals surface area (Å²) in [6.07, 6.45) is 0. The van der Waals surface area contributed by atoms with Gasteiger partial charge in [-0.2, -0.15) is 0 Å². The Bertz CT molecular complexity index is 631. The maximum Gasteiger partial charge on any atom is 0.134 e. The number of aromatic nitrogens is 1. The van der Waals surface area contributed by atoms with Crippen LogP contribution in [0.5, 0.6) is 0 Å². The van der Waals surface area contributed by atoms with Gasteiger partial charge in [-0.15, -0.1) is 0 Å². The molecule has 0 atom stereocenters. The van der Waals surface area contributed by atoms with Crippen molar-refractivity contribution in [2.24, 2.45) is 0 Å². The molecule has 1 aliphatic rings. The van der Waals surface area contributed by atoms with Crippen LogP contribution in [-0.2, 0) is 6.54 Å². The predicted molar refractivity (Wildman–Crippen MR) is 77.4 cm³/mol. The molecule has 3 rings (SSSR count). The van der Waals surface area contributed by atoms with Gasteiger partial charge in [-0.05, 0) is 31.5 Å². The smallest absolute Gasteiger partial charge is 0.134 e. The van der Waals surface area contributed by atoms with Crippen LogP contribution in [0.1, 0.15) is 18.1 Å². The van der Waals surface area contributed by atoms with Crippen molar-refractivity contribution in [3.8, 4) is 0 Å². The average Bonchev–Trinajstić information content (AvgIpc) is 2.28. The summed E-state index contributed by atoms with van der Waals surface area (Å²) in [6.45, 7) is 6.02. The lowest BCUT2D eigenvalue weighted by Gasteiger charge is -2.44. The van der Waals surface area contributed by atoms with Crippen molar-refractivity contribution in [3.63, 3.8) is 0 Å². The van der Waals surface area contributed by atoms with Crippen LogP contribution in [-0.4, -0.2) is 33.7 Å². The monoisotopic (exact) mass is 276 g/mol. The lowest BCUT2D eigenvalue weighted by molar-refractivity contribution is -0.0871. The minimum atomic E-state index is -0.548. The lowest BCUT2D eigenvalue weighted by Crippen LogP contribution is -2.59. The summed E-state index contributed by atoms with van der Waals surface area (Å²) in [4.78, 5) is 6.63. The van der Waals surface area contributed by atoms with Crippen LogP contribution < -0.4 is 0 Å².